The molecule has 1 aromatic carbocycles. The maximum atomic E-state index is 10.0. The van der Waals surface area contributed by atoms with E-state index < -0.39 is 12.3 Å². The van der Waals surface area contributed by atoms with Gasteiger partial charge in [0.2, 0.25) is 0 Å². The summed E-state index contributed by atoms with van der Waals surface area (Å²) in [4.78, 5) is 10.0. The van der Waals surface area contributed by atoms with Crippen molar-refractivity contribution in [3.8, 4) is 0 Å². The lowest BCUT2D eigenvalue weighted by Crippen LogP contribution is -2.10. The number of hydrogen-bond acceptors (Lipinski definition) is 3. The Hall–Kier alpha value is -1.55. The van der Waals surface area contributed by atoms with Crippen molar-refractivity contribution in [2.24, 2.45) is 0 Å². The zero-order chi connectivity index (χ0) is 9.68. The van der Waals surface area contributed by atoms with Crippen LogP contribution < -0.4 is 0 Å². The molecule has 0 aromatic heterocycles. The lowest BCUT2D eigenvalue weighted by Gasteiger charge is -2.09. The quantitative estimate of drug-likeness (QED) is 0.693. The van der Waals surface area contributed by atoms with E-state index in [2.05, 4.69) is 4.74 Å². The molecular weight excluding hydrogens is 172 g/mol. The Kier molecular flexibility index (Phi) is 3.28. The highest BCUT2D eigenvalue weighted by Gasteiger charge is 2.08. The highest BCUT2D eigenvalue weighted by Crippen LogP contribution is 2.11. The van der Waals surface area contributed by atoms with Crippen LogP contribution in [0, 0.1) is 0 Å². The fourth-order valence-electron chi connectivity index (χ4n) is 0.922. The minimum absolute atomic E-state index is 0.237. The van der Waals surface area contributed by atoms with Crippen LogP contribution in [-0.2, 0) is 4.74 Å². The highest BCUT2D eigenvalue weighted by molar-refractivity contribution is 5.56. The van der Waals surface area contributed by atoms with Gasteiger partial charge in [0.25, 0.3) is 0 Å². The predicted octanol–water partition coefficient (Wildman–Crippen LogP) is 1.41. The number of rotatable bonds is 3. The molecule has 70 valence electrons. The Labute approximate surface area is 75.4 Å². The van der Waals surface area contributed by atoms with Gasteiger partial charge in [0.1, 0.15) is 12.7 Å². The molecule has 0 heterocycles. The lowest BCUT2D eigenvalue weighted by molar-refractivity contribution is 0.0393. The average molecular weight is 182 g/mol. The first kappa shape index (κ1) is 9.54. The molecule has 0 spiro atoms. The van der Waals surface area contributed by atoms with E-state index >= 15 is 0 Å². The number of carbonyl (C=O) groups is 1. The van der Waals surface area contributed by atoms with Crippen LogP contribution in [0.15, 0.2) is 30.3 Å². The molecule has 4 nitrogen and oxygen atoms in total. The van der Waals surface area contributed by atoms with Gasteiger partial charge in [0, 0.05) is 0 Å². The number of carboxylic acid groups (broad SMARTS) is 1. The van der Waals surface area contributed by atoms with E-state index in [0.29, 0.717) is 5.56 Å². The smallest absolute Gasteiger partial charge is 0.450 e. The molecule has 4 heteroatoms. The molecule has 0 amide bonds. The van der Waals surface area contributed by atoms with E-state index in [1.807, 2.05) is 6.07 Å². The number of aliphatic hydroxyl groups excluding tert-OH is 1. The molecule has 0 saturated heterocycles. The second kappa shape index (κ2) is 4.47. The van der Waals surface area contributed by atoms with Gasteiger partial charge in [-0.25, -0.2) is 4.79 Å². The van der Waals surface area contributed by atoms with Crippen LogP contribution in [0.3, 0.4) is 0 Å². The molecule has 0 fully saturated rings. The van der Waals surface area contributed by atoms with Gasteiger partial charge in [-0.05, 0) is 5.56 Å². The van der Waals surface area contributed by atoms with Crippen LogP contribution in [-0.4, -0.2) is 23.0 Å². The second-order valence-electron chi connectivity index (χ2n) is 2.50. The van der Waals surface area contributed by atoms with Crippen molar-refractivity contribution in [3.63, 3.8) is 0 Å². The first-order valence-corrected chi connectivity index (χ1v) is 3.79. The van der Waals surface area contributed by atoms with Crippen molar-refractivity contribution in [1.29, 1.82) is 0 Å². The minimum atomic E-state index is -1.38. The molecule has 0 radical (unpaired) electrons. The molecule has 0 aliphatic heterocycles. The van der Waals surface area contributed by atoms with Crippen molar-refractivity contribution in [2.75, 3.05) is 6.61 Å². The third-order valence-corrected chi connectivity index (χ3v) is 1.55. The topological polar surface area (TPSA) is 66.8 Å². The Morgan fingerprint density at radius 3 is 2.54 bits per heavy atom. The van der Waals surface area contributed by atoms with Crippen molar-refractivity contribution >= 4 is 6.16 Å². The Morgan fingerprint density at radius 1 is 1.38 bits per heavy atom. The average Bonchev–Trinajstić information content (AvgIpc) is 2.15. The molecule has 0 aliphatic rings. The summed E-state index contributed by atoms with van der Waals surface area (Å²) >= 11 is 0. The molecule has 0 saturated carbocycles. The summed E-state index contributed by atoms with van der Waals surface area (Å²) in [6.45, 7) is -0.237. The summed E-state index contributed by atoms with van der Waals surface area (Å²) in [5.41, 5.74) is 0.642. The number of hydrogen-bond donors (Lipinski definition) is 2. The fourth-order valence-corrected chi connectivity index (χ4v) is 0.922. The van der Waals surface area contributed by atoms with Crippen molar-refractivity contribution < 1.29 is 19.7 Å². The molecule has 0 bridgehead atoms. The maximum Gasteiger partial charge on any atom is 0.505 e. The fraction of sp³-hybridized carbons (Fsp3) is 0.222. The van der Waals surface area contributed by atoms with Crippen LogP contribution in [0.5, 0.6) is 0 Å². The minimum Gasteiger partial charge on any atom is -0.450 e. The van der Waals surface area contributed by atoms with Crippen LogP contribution in [0.25, 0.3) is 0 Å². The molecule has 0 aliphatic carbocycles. The number of aliphatic hydroxyl groups is 1. The van der Waals surface area contributed by atoms with Gasteiger partial charge in [-0.1, -0.05) is 30.3 Å². The van der Waals surface area contributed by atoms with E-state index in [4.69, 9.17) is 5.11 Å². The largest absolute Gasteiger partial charge is 0.505 e. The van der Waals surface area contributed by atoms with E-state index in [1.54, 1.807) is 24.3 Å². The molecule has 1 aromatic rings. The van der Waals surface area contributed by atoms with E-state index in [1.165, 1.54) is 0 Å². The highest BCUT2D eigenvalue weighted by atomic mass is 16.7. The number of ether oxygens (including phenoxy) is 1. The third kappa shape index (κ3) is 3.13. The molecule has 2 N–H and O–H groups in total. The molecule has 13 heavy (non-hydrogen) atoms. The van der Waals surface area contributed by atoms with Crippen molar-refractivity contribution in [2.45, 2.75) is 6.10 Å². The Balaban J connectivity index is 2.49. The first-order chi connectivity index (χ1) is 6.20. The van der Waals surface area contributed by atoms with Crippen LogP contribution in [0.4, 0.5) is 4.79 Å². The molecule has 1 rings (SSSR count). The summed E-state index contributed by atoms with van der Waals surface area (Å²) in [5.74, 6) is 0. The van der Waals surface area contributed by atoms with Gasteiger partial charge in [-0.15, -0.1) is 0 Å². The van der Waals surface area contributed by atoms with Crippen LogP contribution in [0.1, 0.15) is 11.7 Å². The second-order valence-corrected chi connectivity index (χ2v) is 2.50. The lowest BCUT2D eigenvalue weighted by atomic mass is 10.1. The van der Waals surface area contributed by atoms with E-state index in [-0.39, 0.29) is 6.61 Å². The predicted molar refractivity (Wildman–Crippen MR) is 45.4 cm³/mol. The normalized spacial score (nSPS) is 12.1. The zero-order valence-corrected chi connectivity index (χ0v) is 6.88. The van der Waals surface area contributed by atoms with E-state index in [0.717, 1.165) is 0 Å². The summed E-state index contributed by atoms with van der Waals surface area (Å²) in [6, 6.07) is 8.75. The Bertz CT molecular complexity index is 270. The SMILES string of the molecule is O=C(O)OCC(O)c1ccccc1. The van der Waals surface area contributed by atoms with Crippen molar-refractivity contribution in [3.05, 3.63) is 35.9 Å². The Morgan fingerprint density at radius 2 is 2.00 bits per heavy atom. The molecule has 1 atom stereocenters. The van der Waals surface area contributed by atoms with Crippen LogP contribution in [0.2, 0.25) is 0 Å². The first-order valence-electron chi connectivity index (χ1n) is 3.79. The van der Waals surface area contributed by atoms with E-state index in [9.17, 15) is 9.90 Å². The van der Waals surface area contributed by atoms with Gasteiger partial charge in [0.05, 0.1) is 0 Å². The summed E-state index contributed by atoms with van der Waals surface area (Å²) in [5, 5.41) is 17.6. The third-order valence-electron chi connectivity index (χ3n) is 1.55. The van der Waals surface area contributed by atoms with Gasteiger partial charge in [-0.2, -0.15) is 0 Å². The van der Waals surface area contributed by atoms with Crippen LogP contribution >= 0.6 is 0 Å². The number of benzene rings is 1. The summed E-state index contributed by atoms with van der Waals surface area (Å²) in [6.07, 6.45) is -2.27. The monoisotopic (exact) mass is 182 g/mol. The van der Waals surface area contributed by atoms with Gasteiger partial charge >= 0.3 is 6.16 Å². The zero-order valence-electron chi connectivity index (χ0n) is 6.88. The molecule has 1 unspecified atom stereocenters. The van der Waals surface area contributed by atoms with Gasteiger partial charge in [-0.3, -0.25) is 0 Å². The maximum absolute atomic E-state index is 10.0. The van der Waals surface area contributed by atoms with Crippen molar-refractivity contribution in [1.82, 2.24) is 0 Å². The van der Waals surface area contributed by atoms with Gasteiger partial charge < -0.3 is 14.9 Å². The standard InChI is InChI=1S/C9H10O4/c10-8(6-13-9(11)12)7-4-2-1-3-5-7/h1-5,8,10H,6H2,(H,11,12). The summed E-state index contributed by atoms with van der Waals surface area (Å²) < 4.78 is 4.22. The molecular formula is C9H10O4. The van der Waals surface area contributed by atoms with Gasteiger partial charge in [0.15, 0.2) is 0 Å². The summed E-state index contributed by atoms with van der Waals surface area (Å²) in [7, 11) is 0.